The number of benzene rings is 5. The van der Waals surface area contributed by atoms with Crippen molar-refractivity contribution < 1.29 is 94.9 Å². The number of esters is 2. The van der Waals surface area contributed by atoms with E-state index in [1.807, 2.05) is 0 Å². The average molecular weight is 869 g/mol. The summed E-state index contributed by atoms with van der Waals surface area (Å²) in [4.78, 5) is 40.9. The molecule has 0 aliphatic carbocycles. The lowest BCUT2D eigenvalue weighted by molar-refractivity contribution is -0.0713. The molecule has 63 heavy (non-hydrogen) atoms. The summed E-state index contributed by atoms with van der Waals surface area (Å²) >= 11 is 0. The Hall–Kier alpha value is -8.81. The number of carbonyl (C=O) groups excluding carboxylic acids is 2. The van der Waals surface area contributed by atoms with E-state index in [0.29, 0.717) is 0 Å². The molecule has 0 amide bonds. The zero-order chi connectivity index (χ0) is 45.3. The van der Waals surface area contributed by atoms with Crippen molar-refractivity contribution in [1.29, 1.82) is 0 Å². The second-order valence-electron chi connectivity index (χ2n) is 14.6. The maximum atomic E-state index is 13.8. The van der Waals surface area contributed by atoms with Crippen molar-refractivity contribution in [2.45, 2.75) is 37.3 Å². The molecule has 0 saturated carbocycles. The summed E-state index contributed by atoms with van der Waals surface area (Å²) < 4.78 is 23.6. The van der Waals surface area contributed by atoms with Crippen LogP contribution in [-0.4, -0.2) is 90.7 Å². The smallest absolute Gasteiger partial charge is 0.341 e. The number of phenolic OH excluding ortho intramolecular Hbond substituents is 12. The number of phenols is 12. The van der Waals surface area contributed by atoms with Gasteiger partial charge in [0.15, 0.2) is 69.3 Å². The average Bonchev–Trinajstić information content (AvgIpc) is 3.35. The highest BCUT2D eigenvalue weighted by Gasteiger charge is 2.41. The van der Waals surface area contributed by atoms with Crippen molar-refractivity contribution in [1.82, 2.24) is 0 Å². The summed E-state index contributed by atoms with van der Waals surface area (Å²) in [5, 5.41) is 135. The van der Waals surface area contributed by atoms with E-state index in [4.69, 9.17) is 18.9 Å². The van der Waals surface area contributed by atoms with E-state index in [2.05, 4.69) is 0 Å². The second kappa shape index (κ2) is 15.0. The minimum Gasteiger partial charge on any atom is -0.508 e. The number of ether oxygens (including phenoxy) is 4. The lowest BCUT2D eigenvalue weighted by Crippen LogP contribution is -2.36. The van der Waals surface area contributed by atoms with Gasteiger partial charge in [-0.25, -0.2) is 9.59 Å². The SMILES string of the molecule is O=C(O[C@@H]1Oc2c(O)cc(O)cc2C[C@@H]1c1cc(=O)c(O)c2c(O)c(O)cc([C@H]3Oc4cc(O)cc(O)c4C[C@H]3OC(=O)c3cc(O)c(O)c(O)c3)c2c1)c1cc(O)c(O)c(O)c1. The van der Waals surface area contributed by atoms with Gasteiger partial charge in [-0.15, -0.1) is 0 Å². The molecule has 20 heteroatoms. The molecule has 6 aromatic rings. The van der Waals surface area contributed by atoms with Crippen LogP contribution < -0.4 is 14.9 Å². The van der Waals surface area contributed by atoms with Gasteiger partial charge in [-0.1, -0.05) is 0 Å². The third kappa shape index (κ3) is 7.19. The molecule has 8 rings (SSSR count). The number of aromatic hydroxyl groups is 13. The van der Waals surface area contributed by atoms with E-state index in [0.717, 1.165) is 54.6 Å². The van der Waals surface area contributed by atoms with Gasteiger partial charge in [0, 0.05) is 41.3 Å². The largest absolute Gasteiger partial charge is 0.508 e. The zero-order valence-electron chi connectivity index (χ0n) is 31.7. The fourth-order valence-corrected chi connectivity index (χ4v) is 7.58. The normalized spacial score (nSPS) is 17.7. The number of hydrogen-bond donors (Lipinski definition) is 13. The van der Waals surface area contributed by atoms with Crippen molar-refractivity contribution in [3.8, 4) is 86.2 Å². The highest BCUT2D eigenvalue weighted by molar-refractivity contribution is 5.98. The first-order chi connectivity index (χ1) is 29.8. The Labute approximate surface area is 351 Å². The van der Waals surface area contributed by atoms with E-state index < -0.39 is 139 Å². The van der Waals surface area contributed by atoms with Crippen LogP contribution >= 0.6 is 0 Å². The topological polar surface area (TPSA) is 351 Å². The van der Waals surface area contributed by atoms with Crippen LogP contribution in [0.25, 0.3) is 10.8 Å². The first-order valence-corrected chi connectivity index (χ1v) is 18.4. The Bertz CT molecular complexity index is 2950. The van der Waals surface area contributed by atoms with E-state index in [1.165, 1.54) is 12.1 Å². The van der Waals surface area contributed by atoms with E-state index in [9.17, 15) is 80.8 Å². The van der Waals surface area contributed by atoms with Crippen LogP contribution in [0.5, 0.6) is 86.2 Å². The van der Waals surface area contributed by atoms with Crippen LogP contribution in [0.15, 0.2) is 71.5 Å². The number of hydrogen-bond acceptors (Lipinski definition) is 20. The molecule has 0 saturated heterocycles. The summed E-state index contributed by atoms with van der Waals surface area (Å²) in [6.45, 7) is 0. The molecular weight excluding hydrogens is 836 g/mol. The molecule has 324 valence electrons. The Kier molecular flexibility index (Phi) is 9.77. The number of carbonyl (C=O) groups is 2. The zero-order valence-corrected chi connectivity index (χ0v) is 31.7. The quantitative estimate of drug-likeness (QED) is 0.0824. The van der Waals surface area contributed by atoms with Crippen molar-refractivity contribution >= 4 is 22.7 Å². The second-order valence-corrected chi connectivity index (χ2v) is 14.6. The third-order valence-corrected chi connectivity index (χ3v) is 10.6. The van der Waals surface area contributed by atoms with Gasteiger partial charge in [0.2, 0.25) is 5.43 Å². The first kappa shape index (κ1) is 40.9. The summed E-state index contributed by atoms with van der Waals surface area (Å²) in [5.41, 5.74) is -2.41. The van der Waals surface area contributed by atoms with Gasteiger partial charge in [-0.05, 0) is 65.9 Å². The summed E-state index contributed by atoms with van der Waals surface area (Å²) in [6.07, 6.45) is -5.72. The molecule has 0 aromatic heterocycles. The summed E-state index contributed by atoms with van der Waals surface area (Å²) in [5.74, 6) is -14.8. The van der Waals surface area contributed by atoms with Crippen molar-refractivity contribution in [2.24, 2.45) is 0 Å². The van der Waals surface area contributed by atoms with Crippen LogP contribution in [0.3, 0.4) is 0 Å². The highest BCUT2D eigenvalue weighted by atomic mass is 16.7. The molecule has 4 atom stereocenters. The standard InChI is InChI=1S/C43H32O20/c44-18-1-15-3-20(43(62-39(15)31(53)10-18)63-42(59)17-7-27(49)36(55)28(50)8-17)14-2-21-22(12-30(52)38(57)34(21)37(56)29(51)4-14)40-33(13-23-24(46)9-19(45)11-32(23)60-40)61-41(58)16-5-25(47)35(54)26(48)6-16/h1-2,4-12,20,33,40,43-50,52-55,57H,3,13H2,(H,51,56)/t20-,33-,40-,43+/m1/s1. The molecule has 0 radical (unpaired) electrons. The maximum Gasteiger partial charge on any atom is 0.341 e. The molecule has 0 unspecified atom stereocenters. The fourth-order valence-electron chi connectivity index (χ4n) is 7.58. The van der Waals surface area contributed by atoms with Gasteiger partial charge in [0.25, 0.3) is 6.29 Å². The van der Waals surface area contributed by atoms with Gasteiger partial charge in [0.05, 0.1) is 22.4 Å². The van der Waals surface area contributed by atoms with Crippen molar-refractivity contribution in [2.75, 3.05) is 0 Å². The molecule has 13 N–H and O–H groups in total. The number of fused-ring (bicyclic) bond motifs is 3. The van der Waals surface area contributed by atoms with Crippen LogP contribution in [0.4, 0.5) is 0 Å². The van der Waals surface area contributed by atoms with E-state index in [1.54, 1.807) is 0 Å². The monoisotopic (exact) mass is 868 g/mol. The Balaban J connectivity index is 1.31. The molecule has 0 spiro atoms. The van der Waals surface area contributed by atoms with Crippen LogP contribution in [0.1, 0.15) is 55.0 Å². The minimum absolute atomic E-state index is 0.00550. The van der Waals surface area contributed by atoms with Crippen LogP contribution in [-0.2, 0) is 22.3 Å². The highest BCUT2D eigenvalue weighted by Crippen LogP contribution is 2.50. The predicted octanol–water partition coefficient (Wildman–Crippen LogP) is 4.18. The Morgan fingerprint density at radius 1 is 0.540 bits per heavy atom. The first-order valence-electron chi connectivity index (χ1n) is 18.4. The molecular formula is C43H32O20. The Morgan fingerprint density at radius 2 is 1.10 bits per heavy atom. The lowest BCUT2D eigenvalue weighted by atomic mass is 9.87. The molecule has 2 aliphatic rings. The summed E-state index contributed by atoms with van der Waals surface area (Å²) in [7, 11) is 0. The third-order valence-electron chi connectivity index (χ3n) is 10.6. The summed E-state index contributed by atoms with van der Waals surface area (Å²) in [6, 6.07) is 10.3. The fraction of sp³-hybridized carbons (Fsp3) is 0.140. The van der Waals surface area contributed by atoms with Gasteiger partial charge < -0.3 is 85.3 Å². The lowest BCUT2D eigenvalue weighted by Gasteiger charge is -2.35. The van der Waals surface area contributed by atoms with Gasteiger partial charge in [-0.3, -0.25) is 4.79 Å². The van der Waals surface area contributed by atoms with Crippen LogP contribution in [0.2, 0.25) is 0 Å². The molecule has 2 heterocycles. The van der Waals surface area contributed by atoms with Gasteiger partial charge in [-0.2, -0.15) is 0 Å². The maximum absolute atomic E-state index is 13.8. The van der Waals surface area contributed by atoms with E-state index in [-0.39, 0.29) is 45.6 Å². The van der Waals surface area contributed by atoms with E-state index >= 15 is 0 Å². The molecule has 2 aliphatic heterocycles. The Morgan fingerprint density at radius 3 is 1.71 bits per heavy atom. The molecule has 20 nitrogen and oxygen atoms in total. The van der Waals surface area contributed by atoms with Crippen molar-refractivity contribution in [3.63, 3.8) is 0 Å². The minimum atomic E-state index is -1.82. The molecule has 6 aromatic carbocycles. The predicted molar refractivity (Wildman–Crippen MR) is 210 cm³/mol. The molecule has 0 bridgehead atoms. The van der Waals surface area contributed by atoms with Crippen molar-refractivity contribution in [3.05, 3.63) is 110 Å². The van der Waals surface area contributed by atoms with Gasteiger partial charge >= 0.3 is 11.9 Å². The van der Waals surface area contributed by atoms with Crippen LogP contribution in [0, 0.1) is 0 Å². The van der Waals surface area contributed by atoms with Gasteiger partial charge in [0.1, 0.15) is 29.1 Å². The molecule has 0 fully saturated rings. The number of rotatable bonds is 6.